The molecule has 0 aliphatic rings. The molecule has 0 saturated carbocycles. The van der Waals surface area contributed by atoms with Gasteiger partial charge in [0, 0.05) is 6.54 Å². The second kappa shape index (κ2) is 7.02. The largest absolute Gasteiger partial charge is 0.507 e. The lowest BCUT2D eigenvalue weighted by Crippen LogP contribution is -2.24. The third-order valence-corrected chi connectivity index (χ3v) is 5.00. The van der Waals surface area contributed by atoms with Gasteiger partial charge >= 0.3 is 0 Å². The van der Waals surface area contributed by atoms with Gasteiger partial charge in [-0.2, -0.15) is 0 Å². The van der Waals surface area contributed by atoms with Crippen LogP contribution in [0.3, 0.4) is 0 Å². The van der Waals surface area contributed by atoms with E-state index in [0.29, 0.717) is 17.9 Å². The monoisotopic (exact) mass is 335 g/mol. The van der Waals surface area contributed by atoms with Crippen molar-refractivity contribution in [1.82, 2.24) is 4.72 Å². The van der Waals surface area contributed by atoms with Gasteiger partial charge in [0.1, 0.15) is 11.5 Å². The van der Waals surface area contributed by atoms with Gasteiger partial charge in [0.05, 0.1) is 17.6 Å². The summed E-state index contributed by atoms with van der Waals surface area (Å²) in [4.78, 5) is 0.210. The Balaban J connectivity index is 2.50. The number of nitrogens with one attached hydrogen (secondary N) is 1. The molecule has 2 N–H and O–H groups in total. The van der Waals surface area contributed by atoms with Crippen LogP contribution in [0.2, 0.25) is 0 Å². The van der Waals surface area contributed by atoms with Crippen molar-refractivity contribution in [2.45, 2.75) is 25.2 Å². The first-order chi connectivity index (χ1) is 10.9. The highest BCUT2D eigenvalue weighted by molar-refractivity contribution is 7.89. The molecule has 0 heterocycles. The molecule has 0 unspecified atom stereocenters. The zero-order valence-electron chi connectivity index (χ0n) is 13.5. The van der Waals surface area contributed by atoms with E-state index in [4.69, 9.17) is 4.74 Å². The summed E-state index contributed by atoms with van der Waals surface area (Å²) < 4.78 is 32.2. The Kier molecular flexibility index (Phi) is 5.28. The minimum atomic E-state index is -3.51. The van der Waals surface area contributed by atoms with Crippen LogP contribution in [0.5, 0.6) is 11.5 Å². The maximum absolute atomic E-state index is 12.2. The molecule has 0 aromatic heterocycles. The molecule has 0 spiro atoms. The van der Waals surface area contributed by atoms with Gasteiger partial charge in [-0.25, -0.2) is 13.1 Å². The smallest absolute Gasteiger partial charge is 0.240 e. The molecule has 124 valence electrons. The lowest BCUT2D eigenvalue weighted by molar-refractivity contribution is 0.410. The highest BCUT2D eigenvalue weighted by Gasteiger charge is 2.17. The van der Waals surface area contributed by atoms with Gasteiger partial charge in [-0.1, -0.05) is 19.1 Å². The van der Waals surface area contributed by atoms with E-state index in [2.05, 4.69) is 4.72 Å². The number of phenols is 1. The van der Waals surface area contributed by atoms with Crippen LogP contribution < -0.4 is 9.46 Å². The van der Waals surface area contributed by atoms with E-state index >= 15 is 0 Å². The summed E-state index contributed by atoms with van der Waals surface area (Å²) in [5.74, 6) is 0.625. The summed E-state index contributed by atoms with van der Waals surface area (Å²) in [6.45, 7) is 4.11. The van der Waals surface area contributed by atoms with Crippen molar-refractivity contribution in [3.8, 4) is 22.6 Å². The van der Waals surface area contributed by atoms with Crippen molar-refractivity contribution in [2.24, 2.45) is 0 Å². The van der Waals surface area contributed by atoms with E-state index < -0.39 is 10.0 Å². The van der Waals surface area contributed by atoms with Crippen LogP contribution in [0.4, 0.5) is 0 Å². The van der Waals surface area contributed by atoms with Gasteiger partial charge in [-0.15, -0.1) is 0 Å². The lowest BCUT2D eigenvalue weighted by Gasteiger charge is -2.14. The summed E-state index contributed by atoms with van der Waals surface area (Å²) >= 11 is 0. The Bertz CT molecular complexity index is 800. The SMILES string of the molecule is CCCNS(=O)(=O)c1ccc(-c2c(O)cccc2OC)c(C)c1. The van der Waals surface area contributed by atoms with E-state index in [0.717, 1.165) is 17.5 Å². The standard InChI is InChI=1S/C17H21NO4S/c1-4-10-18-23(20,21)13-8-9-14(12(2)11-13)17-15(19)6-5-7-16(17)22-3/h5-9,11,18-19H,4,10H2,1-3H3. The van der Waals surface area contributed by atoms with Crippen LogP contribution in [0.25, 0.3) is 11.1 Å². The molecule has 0 saturated heterocycles. The van der Waals surface area contributed by atoms with Gasteiger partial charge in [0.25, 0.3) is 0 Å². The van der Waals surface area contributed by atoms with E-state index in [1.54, 1.807) is 37.3 Å². The predicted octanol–water partition coefficient (Wildman–Crippen LogP) is 3.06. The molecule has 0 radical (unpaired) electrons. The van der Waals surface area contributed by atoms with E-state index in [1.807, 2.05) is 6.92 Å². The Morgan fingerprint density at radius 3 is 2.57 bits per heavy atom. The summed E-state index contributed by atoms with van der Waals surface area (Å²) in [5.41, 5.74) is 2.02. The zero-order valence-corrected chi connectivity index (χ0v) is 14.3. The Labute approximate surface area is 137 Å². The van der Waals surface area contributed by atoms with Gasteiger partial charge in [-0.05, 0) is 48.7 Å². The van der Waals surface area contributed by atoms with Gasteiger partial charge < -0.3 is 9.84 Å². The maximum atomic E-state index is 12.2. The van der Waals surface area contributed by atoms with E-state index in [9.17, 15) is 13.5 Å². The van der Waals surface area contributed by atoms with Crippen molar-refractivity contribution in [3.63, 3.8) is 0 Å². The fraction of sp³-hybridized carbons (Fsp3) is 0.294. The van der Waals surface area contributed by atoms with Crippen LogP contribution in [-0.2, 0) is 10.0 Å². The van der Waals surface area contributed by atoms with Crippen LogP contribution in [0.15, 0.2) is 41.3 Å². The number of phenolic OH excluding ortho intramolecular Hbond substituents is 1. The molecule has 23 heavy (non-hydrogen) atoms. The summed E-state index contributed by atoms with van der Waals surface area (Å²) in [6, 6.07) is 9.84. The Hall–Kier alpha value is -2.05. The molecule has 2 aromatic carbocycles. The van der Waals surface area contributed by atoms with E-state index in [-0.39, 0.29) is 10.6 Å². The molecule has 6 heteroatoms. The number of aryl methyl sites for hydroxylation is 1. The number of aromatic hydroxyl groups is 1. The first kappa shape index (κ1) is 17.3. The second-order valence-corrected chi connectivity index (χ2v) is 7.00. The normalized spacial score (nSPS) is 11.4. The quantitative estimate of drug-likeness (QED) is 0.851. The van der Waals surface area contributed by atoms with Crippen LogP contribution in [0, 0.1) is 6.92 Å². The number of methoxy groups -OCH3 is 1. The molecule has 0 amide bonds. The van der Waals surface area contributed by atoms with Crippen molar-refractivity contribution in [2.75, 3.05) is 13.7 Å². The Morgan fingerprint density at radius 1 is 1.22 bits per heavy atom. The molecular weight excluding hydrogens is 314 g/mol. The number of hydrogen-bond acceptors (Lipinski definition) is 4. The van der Waals surface area contributed by atoms with Gasteiger partial charge in [0.15, 0.2) is 0 Å². The molecule has 0 atom stereocenters. The van der Waals surface area contributed by atoms with Crippen LogP contribution in [-0.4, -0.2) is 27.2 Å². The molecule has 0 fully saturated rings. The summed E-state index contributed by atoms with van der Waals surface area (Å²) in [6.07, 6.45) is 0.728. The van der Waals surface area contributed by atoms with Crippen LogP contribution >= 0.6 is 0 Å². The average Bonchev–Trinajstić information content (AvgIpc) is 2.53. The van der Waals surface area contributed by atoms with Gasteiger partial charge in [-0.3, -0.25) is 0 Å². The van der Waals surface area contributed by atoms with Gasteiger partial charge in [0.2, 0.25) is 10.0 Å². The number of ether oxygens (including phenoxy) is 1. The van der Waals surface area contributed by atoms with Crippen molar-refractivity contribution in [3.05, 3.63) is 42.0 Å². The first-order valence-corrected chi connectivity index (χ1v) is 8.85. The topological polar surface area (TPSA) is 75.6 Å². The molecular formula is C17H21NO4S. The number of hydrogen-bond donors (Lipinski definition) is 2. The Morgan fingerprint density at radius 2 is 1.96 bits per heavy atom. The number of rotatable bonds is 6. The highest BCUT2D eigenvalue weighted by atomic mass is 32.2. The molecule has 0 bridgehead atoms. The molecule has 2 aromatic rings. The second-order valence-electron chi connectivity index (χ2n) is 5.23. The number of benzene rings is 2. The highest BCUT2D eigenvalue weighted by Crippen LogP contribution is 2.39. The third kappa shape index (κ3) is 3.65. The zero-order chi connectivity index (χ0) is 17.0. The average molecular weight is 335 g/mol. The predicted molar refractivity (Wildman–Crippen MR) is 90.3 cm³/mol. The molecule has 5 nitrogen and oxygen atoms in total. The number of sulfonamides is 1. The maximum Gasteiger partial charge on any atom is 0.240 e. The molecule has 0 aliphatic carbocycles. The summed E-state index contributed by atoms with van der Waals surface area (Å²) in [5, 5.41) is 10.1. The van der Waals surface area contributed by atoms with Crippen LogP contribution in [0.1, 0.15) is 18.9 Å². The third-order valence-electron chi connectivity index (χ3n) is 3.54. The van der Waals surface area contributed by atoms with Crippen molar-refractivity contribution >= 4 is 10.0 Å². The van der Waals surface area contributed by atoms with E-state index in [1.165, 1.54) is 13.2 Å². The fourth-order valence-corrected chi connectivity index (χ4v) is 3.58. The fourth-order valence-electron chi connectivity index (χ4n) is 2.36. The summed E-state index contributed by atoms with van der Waals surface area (Å²) in [7, 11) is -1.98. The first-order valence-electron chi connectivity index (χ1n) is 7.37. The molecule has 2 rings (SSSR count). The minimum absolute atomic E-state index is 0.0900. The molecule has 0 aliphatic heterocycles. The van der Waals surface area contributed by atoms with Crippen molar-refractivity contribution < 1.29 is 18.3 Å². The minimum Gasteiger partial charge on any atom is -0.507 e. The lowest BCUT2D eigenvalue weighted by atomic mass is 9.99. The van der Waals surface area contributed by atoms with Crippen molar-refractivity contribution in [1.29, 1.82) is 0 Å².